The molecule has 25 heavy (non-hydrogen) atoms. The number of furan rings is 1. The van der Waals surface area contributed by atoms with Gasteiger partial charge in [0.15, 0.2) is 5.78 Å². The van der Waals surface area contributed by atoms with Gasteiger partial charge >= 0.3 is 0 Å². The zero-order chi connectivity index (χ0) is 17.7. The van der Waals surface area contributed by atoms with Crippen LogP contribution in [-0.2, 0) is 19.3 Å². The lowest BCUT2D eigenvalue weighted by Crippen LogP contribution is -2.26. The highest BCUT2D eigenvalue weighted by molar-refractivity contribution is 6.00. The number of hydrogen-bond acceptors (Lipinski definition) is 2. The topological polar surface area (TPSA) is 30.2 Å². The molecular formula is C23H36O2. The molecule has 1 aromatic rings. The maximum atomic E-state index is 12.8. The molecule has 0 aliphatic heterocycles. The number of carbonyl (C=O) groups excluding carboxylic acids is 1. The lowest BCUT2D eigenvalue weighted by Gasteiger charge is -2.27. The maximum Gasteiger partial charge on any atom is 0.167 e. The first-order valence-electron chi connectivity index (χ1n) is 10.7. The number of carbonyl (C=O) groups is 1. The molecule has 3 rings (SSSR count). The van der Waals surface area contributed by atoms with Gasteiger partial charge in [-0.05, 0) is 24.7 Å². The first-order valence-corrected chi connectivity index (χ1v) is 10.7. The number of rotatable bonds is 0. The molecule has 0 atom stereocenters. The Morgan fingerprint density at radius 3 is 1.80 bits per heavy atom. The molecule has 2 aliphatic carbocycles. The molecule has 2 nitrogen and oxygen atoms in total. The van der Waals surface area contributed by atoms with Crippen LogP contribution in [0.4, 0.5) is 0 Å². The van der Waals surface area contributed by atoms with Gasteiger partial charge in [0.1, 0.15) is 11.5 Å². The first kappa shape index (κ1) is 18.7. The van der Waals surface area contributed by atoms with Gasteiger partial charge in [-0.1, -0.05) is 71.6 Å². The molecule has 0 amide bonds. The molecule has 0 saturated carbocycles. The molecule has 1 aromatic heterocycles. The lowest BCUT2D eigenvalue weighted by molar-refractivity contribution is 0.0903. The fraction of sp³-hybridized carbons (Fsp3) is 0.783. The molecule has 1 heterocycles. The molecule has 140 valence electrons. The summed E-state index contributed by atoms with van der Waals surface area (Å²) in [6.07, 6.45) is 18.3. The summed E-state index contributed by atoms with van der Waals surface area (Å²) < 4.78 is 6.30. The second kappa shape index (κ2) is 8.56. The van der Waals surface area contributed by atoms with E-state index in [2.05, 4.69) is 13.8 Å². The van der Waals surface area contributed by atoms with Crippen molar-refractivity contribution in [3.05, 3.63) is 22.6 Å². The molecule has 2 aliphatic rings. The van der Waals surface area contributed by atoms with Gasteiger partial charge in [0.2, 0.25) is 0 Å². The fourth-order valence-corrected chi connectivity index (χ4v) is 4.68. The molecule has 0 aromatic carbocycles. The Morgan fingerprint density at radius 2 is 1.20 bits per heavy atom. The van der Waals surface area contributed by atoms with Gasteiger partial charge in [0, 0.05) is 24.8 Å². The van der Waals surface area contributed by atoms with Crippen LogP contribution < -0.4 is 0 Å². The summed E-state index contributed by atoms with van der Waals surface area (Å²) in [6, 6.07) is 0. The number of hydrogen-bond donors (Lipinski definition) is 0. The summed E-state index contributed by atoms with van der Waals surface area (Å²) in [6.45, 7) is 4.38. The minimum absolute atomic E-state index is 0.0491. The predicted molar refractivity (Wildman–Crippen MR) is 103 cm³/mol. The van der Waals surface area contributed by atoms with Crippen molar-refractivity contribution in [1.29, 1.82) is 0 Å². The molecule has 0 radical (unpaired) electrons. The van der Waals surface area contributed by atoms with Gasteiger partial charge < -0.3 is 4.42 Å². The summed E-state index contributed by atoms with van der Waals surface area (Å²) in [5, 5.41) is 0. The molecule has 2 heteroatoms. The first-order chi connectivity index (χ1) is 12.1. The third-order valence-electron chi connectivity index (χ3n) is 6.05. The van der Waals surface area contributed by atoms with Gasteiger partial charge in [-0.2, -0.15) is 0 Å². The quantitative estimate of drug-likeness (QED) is 0.516. The molecule has 0 bridgehead atoms. The van der Waals surface area contributed by atoms with Crippen LogP contribution in [0.5, 0.6) is 0 Å². The summed E-state index contributed by atoms with van der Waals surface area (Å²) in [5.74, 6) is 2.47. The summed E-state index contributed by atoms with van der Waals surface area (Å²) in [7, 11) is 0. The van der Waals surface area contributed by atoms with E-state index in [4.69, 9.17) is 4.42 Å². The van der Waals surface area contributed by atoms with E-state index < -0.39 is 0 Å². The van der Waals surface area contributed by atoms with E-state index in [1.807, 2.05) is 0 Å². The summed E-state index contributed by atoms with van der Waals surface area (Å²) in [4.78, 5) is 12.8. The Hall–Kier alpha value is -1.05. The van der Waals surface area contributed by atoms with Crippen molar-refractivity contribution >= 4 is 5.78 Å². The Bertz CT molecular complexity index is 579. The smallest absolute Gasteiger partial charge is 0.167 e. The number of ketones is 1. The Labute approximate surface area is 153 Å². The van der Waals surface area contributed by atoms with E-state index in [9.17, 15) is 4.79 Å². The van der Waals surface area contributed by atoms with Crippen LogP contribution in [0, 0.1) is 5.41 Å². The predicted octanol–water partition coefficient (Wildman–Crippen LogP) is 6.82. The van der Waals surface area contributed by atoms with E-state index >= 15 is 0 Å². The minimum atomic E-state index is 0.0491. The van der Waals surface area contributed by atoms with E-state index in [0.717, 1.165) is 36.3 Å². The highest BCUT2D eigenvalue weighted by Crippen LogP contribution is 2.39. The monoisotopic (exact) mass is 344 g/mol. The molecule has 0 N–H and O–H groups in total. The molecular weight excluding hydrogens is 308 g/mol. The number of fused-ring (bicyclic) bond motifs is 3. The van der Waals surface area contributed by atoms with Crippen molar-refractivity contribution in [3.8, 4) is 0 Å². The third-order valence-corrected chi connectivity index (χ3v) is 6.05. The van der Waals surface area contributed by atoms with Crippen LogP contribution in [0.1, 0.15) is 118 Å². The van der Waals surface area contributed by atoms with Gasteiger partial charge in [-0.3, -0.25) is 4.79 Å². The zero-order valence-electron chi connectivity index (χ0n) is 16.4. The fourth-order valence-electron chi connectivity index (χ4n) is 4.68. The van der Waals surface area contributed by atoms with Crippen LogP contribution in [0.15, 0.2) is 4.42 Å². The van der Waals surface area contributed by atoms with Crippen LogP contribution >= 0.6 is 0 Å². The van der Waals surface area contributed by atoms with Crippen LogP contribution in [0.3, 0.4) is 0 Å². The number of Topliss-reactive ketones (excluding diaryl/α,β-unsaturated/α-hetero) is 1. The molecule has 0 spiro atoms. The van der Waals surface area contributed by atoms with Crippen molar-refractivity contribution in [1.82, 2.24) is 0 Å². The van der Waals surface area contributed by atoms with Crippen LogP contribution in [0.25, 0.3) is 0 Å². The normalized spacial score (nSPS) is 23.2. The minimum Gasteiger partial charge on any atom is -0.465 e. The highest BCUT2D eigenvalue weighted by Gasteiger charge is 2.36. The average Bonchev–Trinajstić information content (AvgIpc) is 2.87. The van der Waals surface area contributed by atoms with E-state index in [1.165, 1.54) is 76.2 Å². The molecule has 0 unspecified atom stereocenters. The van der Waals surface area contributed by atoms with Crippen LogP contribution in [-0.4, -0.2) is 5.78 Å². The number of aryl methyl sites for hydroxylation is 1. The lowest BCUT2D eigenvalue weighted by atomic mass is 9.75. The highest BCUT2D eigenvalue weighted by atomic mass is 16.3. The summed E-state index contributed by atoms with van der Waals surface area (Å²) in [5.41, 5.74) is 2.32. The molecule has 0 saturated heterocycles. The van der Waals surface area contributed by atoms with Crippen molar-refractivity contribution in [3.63, 3.8) is 0 Å². The zero-order valence-corrected chi connectivity index (χ0v) is 16.4. The SMILES string of the molecule is CC1(C)CC(=O)c2c(oc3c2CCCCCCCCCCCCC3)C1. The largest absolute Gasteiger partial charge is 0.465 e. The van der Waals surface area contributed by atoms with Crippen molar-refractivity contribution in [2.24, 2.45) is 5.41 Å². The Morgan fingerprint density at radius 1 is 0.680 bits per heavy atom. The summed E-state index contributed by atoms with van der Waals surface area (Å²) >= 11 is 0. The van der Waals surface area contributed by atoms with Gasteiger partial charge in [-0.25, -0.2) is 0 Å². The third kappa shape index (κ3) is 4.99. The van der Waals surface area contributed by atoms with Crippen molar-refractivity contribution < 1.29 is 9.21 Å². The molecule has 0 fully saturated rings. The van der Waals surface area contributed by atoms with E-state index in [-0.39, 0.29) is 5.41 Å². The van der Waals surface area contributed by atoms with Crippen LogP contribution in [0.2, 0.25) is 0 Å². The van der Waals surface area contributed by atoms with E-state index in [0.29, 0.717) is 12.2 Å². The van der Waals surface area contributed by atoms with E-state index in [1.54, 1.807) is 0 Å². The van der Waals surface area contributed by atoms with Gasteiger partial charge in [0.25, 0.3) is 0 Å². The van der Waals surface area contributed by atoms with Crippen molar-refractivity contribution in [2.75, 3.05) is 0 Å². The second-order valence-corrected chi connectivity index (χ2v) is 9.13. The standard InChI is InChI=1S/C23H36O2/c1-23(2)16-19(24)22-18-14-12-10-8-6-4-3-5-7-9-11-13-15-20(18)25-21(22)17-23/h3-17H2,1-2H3. The maximum absolute atomic E-state index is 12.8. The Balaban J connectivity index is 1.77. The second-order valence-electron chi connectivity index (χ2n) is 9.13. The average molecular weight is 345 g/mol. The van der Waals surface area contributed by atoms with Gasteiger partial charge in [-0.15, -0.1) is 0 Å². The Kier molecular flexibility index (Phi) is 6.41. The van der Waals surface area contributed by atoms with Gasteiger partial charge in [0.05, 0.1) is 5.56 Å². The van der Waals surface area contributed by atoms with Crippen molar-refractivity contribution in [2.45, 2.75) is 110 Å².